The Balaban J connectivity index is 1.66. The normalized spacial score (nSPS) is 12.9. The van der Waals surface area contributed by atoms with Crippen LogP contribution in [0.15, 0.2) is 30.9 Å². The molecule has 0 radical (unpaired) electrons. The van der Waals surface area contributed by atoms with Crippen LogP contribution in [0.4, 0.5) is 8.78 Å². The van der Waals surface area contributed by atoms with Crippen molar-refractivity contribution in [1.29, 1.82) is 0 Å². The van der Waals surface area contributed by atoms with Gasteiger partial charge in [-0.05, 0) is 38.4 Å². The number of rotatable bonds is 6. The van der Waals surface area contributed by atoms with Gasteiger partial charge < -0.3 is 14.9 Å². The first kappa shape index (κ1) is 15.7. The molecular weight excluding hydrogens is 298 g/mol. The summed E-state index contributed by atoms with van der Waals surface area (Å²) in [4.78, 5) is 7.03. The van der Waals surface area contributed by atoms with E-state index in [4.69, 9.17) is 0 Å². The van der Waals surface area contributed by atoms with Crippen molar-refractivity contribution in [3.05, 3.63) is 53.7 Å². The number of hydrogen-bond acceptors (Lipinski definition) is 2. The lowest BCUT2D eigenvalue weighted by molar-refractivity contribution is 0.480. The first-order chi connectivity index (χ1) is 11.0. The molecule has 0 bridgehead atoms. The van der Waals surface area contributed by atoms with E-state index in [0.29, 0.717) is 17.3 Å². The second kappa shape index (κ2) is 6.50. The van der Waals surface area contributed by atoms with Crippen LogP contribution in [0.25, 0.3) is 10.9 Å². The molecule has 0 fully saturated rings. The molecule has 2 aromatic heterocycles. The number of hydrogen-bond donors (Lipinski definition) is 2. The van der Waals surface area contributed by atoms with Gasteiger partial charge in [0.25, 0.3) is 0 Å². The zero-order valence-corrected chi connectivity index (χ0v) is 13.2. The van der Waals surface area contributed by atoms with Crippen molar-refractivity contribution in [3.8, 4) is 0 Å². The summed E-state index contributed by atoms with van der Waals surface area (Å²) in [5.74, 6) is -1.09. The highest BCUT2D eigenvalue weighted by Gasteiger charge is 2.13. The molecule has 6 heteroatoms. The number of aromatic amines is 1. The number of imidazole rings is 1. The summed E-state index contributed by atoms with van der Waals surface area (Å²) in [7, 11) is 0. The Hall–Kier alpha value is -2.21. The van der Waals surface area contributed by atoms with Crippen molar-refractivity contribution in [2.45, 2.75) is 32.9 Å². The molecule has 2 N–H and O–H groups in total. The maximum atomic E-state index is 13.8. The molecule has 122 valence electrons. The van der Waals surface area contributed by atoms with Gasteiger partial charge in [-0.2, -0.15) is 0 Å². The van der Waals surface area contributed by atoms with Crippen molar-refractivity contribution >= 4 is 10.9 Å². The molecule has 0 aliphatic carbocycles. The summed E-state index contributed by atoms with van der Waals surface area (Å²) in [6.07, 6.45) is 6.18. The van der Waals surface area contributed by atoms with Gasteiger partial charge in [0.05, 0.1) is 11.8 Å². The van der Waals surface area contributed by atoms with Crippen LogP contribution in [0.2, 0.25) is 0 Å². The number of nitrogens with one attached hydrogen (secondary N) is 2. The smallest absolute Gasteiger partial charge is 0.150 e. The highest BCUT2D eigenvalue weighted by atomic mass is 19.1. The van der Waals surface area contributed by atoms with Crippen molar-refractivity contribution in [2.24, 2.45) is 0 Å². The number of benzene rings is 1. The molecule has 0 spiro atoms. The van der Waals surface area contributed by atoms with Crippen molar-refractivity contribution in [1.82, 2.24) is 19.9 Å². The number of aryl methyl sites for hydroxylation is 1. The van der Waals surface area contributed by atoms with E-state index >= 15 is 0 Å². The fraction of sp³-hybridized carbons (Fsp3) is 0.353. The Kier molecular flexibility index (Phi) is 4.43. The summed E-state index contributed by atoms with van der Waals surface area (Å²) >= 11 is 0. The minimum Gasteiger partial charge on any atom is -0.356 e. The third kappa shape index (κ3) is 3.42. The van der Waals surface area contributed by atoms with Gasteiger partial charge in [0.1, 0.15) is 11.6 Å². The number of H-pyrrole nitrogens is 1. The average Bonchev–Trinajstić information content (AvgIpc) is 3.09. The standard InChI is InChI=1S/C17H20F2N4/c1-11(9-23-6-5-20-10-23)21-4-3-14-12(2)22-17-15(14)7-13(18)8-16(17)19/h5-8,10-11,21-22H,3-4,9H2,1-2H3. The van der Waals surface area contributed by atoms with E-state index in [1.165, 1.54) is 6.07 Å². The third-order valence-electron chi connectivity index (χ3n) is 4.06. The van der Waals surface area contributed by atoms with E-state index in [9.17, 15) is 8.78 Å². The molecule has 1 unspecified atom stereocenters. The zero-order chi connectivity index (χ0) is 16.4. The molecule has 1 aromatic carbocycles. The Morgan fingerprint density at radius 3 is 2.91 bits per heavy atom. The molecule has 0 aliphatic rings. The van der Waals surface area contributed by atoms with Crippen LogP contribution in [0.3, 0.4) is 0 Å². The van der Waals surface area contributed by atoms with E-state index in [-0.39, 0.29) is 6.04 Å². The Bertz CT molecular complexity index is 793. The van der Waals surface area contributed by atoms with Gasteiger partial charge in [0.15, 0.2) is 0 Å². The summed E-state index contributed by atoms with van der Waals surface area (Å²) < 4.78 is 29.3. The molecule has 3 aromatic rings. The van der Waals surface area contributed by atoms with Gasteiger partial charge in [-0.3, -0.25) is 0 Å². The van der Waals surface area contributed by atoms with Crippen LogP contribution in [-0.4, -0.2) is 27.1 Å². The Morgan fingerprint density at radius 2 is 2.17 bits per heavy atom. The molecule has 4 nitrogen and oxygen atoms in total. The first-order valence-electron chi connectivity index (χ1n) is 7.70. The number of fused-ring (bicyclic) bond motifs is 1. The highest BCUT2D eigenvalue weighted by Crippen LogP contribution is 2.25. The molecular formula is C17H20F2N4. The van der Waals surface area contributed by atoms with E-state index in [1.54, 1.807) is 12.5 Å². The third-order valence-corrected chi connectivity index (χ3v) is 4.06. The predicted octanol–water partition coefficient (Wildman–Crippen LogP) is 3.17. The van der Waals surface area contributed by atoms with Crippen molar-refractivity contribution in [3.63, 3.8) is 0 Å². The molecule has 2 heterocycles. The SMILES string of the molecule is Cc1[nH]c2c(F)cc(F)cc2c1CCNC(C)Cn1ccnc1. The van der Waals surface area contributed by atoms with E-state index in [0.717, 1.165) is 30.4 Å². The van der Waals surface area contributed by atoms with Crippen LogP contribution in [0, 0.1) is 18.6 Å². The van der Waals surface area contributed by atoms with Gasteiger partial charge in [-0.25, -0.2) is 13.8 Å². The summed E-state index contributed by atoms with van der Waals surface area (Å²) in [6.45, 7) is 5.56. The Labute approximate surface area is 133 Å². The maximum absolute atomic E-state index is 13.8. The molecule has 0 aliphatic heterocycles. The molecule has 0 saturated heterocycles. The minimum atomic E-state index is -0.546. The zero-order valence-electron chi connectivity index (χ0n) is 13.2. The van der Waals surface area contributed by atoms with Gasteiger partial charge in [0, 0.05) is 42.1 Å². The number of halogens is 2. The second-order valence-corrected chi connectivity index (χ2v) is 5.90. The fourth-order valence-corrected chi connectivity index (χ4v) is 2.94. The molecule has 1 atom stereocenters. The van der Waals surface area contributed by atoms with Gasteiger partial charge in [0.2, 0.25) is 0 Å². The van der Waals surface area contributed by atoms with Gasteiger partial charge in [-0.1, -0.05) is 0 Å². The predicted molar refractivity (Wildman–Crippen MR) is 86.3 cm³/mol. The second-order valence-electron chi connectivity index (χ2n) is 5.90. The molecule has 0 saturated carbocycles. The van der Waals surface area contributed by atoms with Crippen LogP contribution >= 0.6 is 0 Å². The average molecular weight is 318 g/mol. The van der Waals surface area contributed by atoms with Gasteiger partial charge in [-0.15, -0.1) is 0 Å². The topological polar surface area (TPSA) is 45.6 Å². The maximum Gasteiger partial charge on any atom is 0.150 e. The molecule has 23 heavy (non-hydrogen) atoms. The quantitative estimate of drug-likeness (QED) is 0.733. The lowest BCUT2D eigenvalue weighted by Gasteiger charge is -2.14. The largest absolute Gasteiger partial charge is 0.356 e. The van der Waals surface area contributed by atoms with Crippen LogP contribution in [0.1, 0.15) is 18.2 Å². The van der Waals surface area contributed by atoms with Crippen molar-refractivity contribution in [2.75, 3.05) is 6.54 Å². The lowest BCUT2D eigenvalue weighted by Crippen LogP contribution is -2.31. The summed E-state index contributed by atoms with van der Waals surface area (Å²) in [5, 5.41) is 4.06. The summed E-state index contributed by atoms with van der Waals surface area (Å²) in [5.41, 5.74) is 2.22. The van der Waals surface area contributed by atoms with E-state index in [2.05, 4.69) is 22.2 Å². The van der Waals surface area contributed by atoms with Crippen LogP contribution in [0.5, 0.6) is 0 Å². The summed E-state index contributed by atoms with van der Waals surface area (Å²) in [6, 6.07) is 2.59. The number of aromatic nitrogens is 3. The molecule has 3 rings (SSSR count). The highest BCUT2D eigenvalue weighted by molar-refractivity contribution is 5.85. The fourth-order valence-electron chi connectivity index (χ4n) is 2.94. The van der Waals surface area contributed by atoms with Crippen LogP contribution in [-0.2, 0) is 13.0 Å². The van der Waals surface area contributed by atoms with E-state index < -0.39 is 11.6 Å². The van der Waals surface area contributed by atoms with Crippen LogP contribution < -0.4 is 5.32 Å². The van der Waals surface area contributed by atoms with Crippen molar-refractivity contribution < 1.29 is 8.78 Å². The molecule has 0 amide bonds. The number of nitrogens with zero attached hydrogens (tertiary/aromatic N) is 2. The monoisotopic (exact) mass is 318 g/mol. The lowest BCUT2D eigenvalue weighted by atomic mass is 10.1. The first-order valence-corrected chi connectivity index (χ1v) is 7.70. The van der Waals surface area contributed by atoms with Gasteiger partial charge >= 0.3 is 0 Å². The Morgan fingerprint density at radius 1 is 1.35 bits per heavy atom. The minimum absolute atomic E-state index is 0.281. The van der Waals surface area contributed by atoms with E-state index in [1.807, 2.05) is 17.7 Å².